The van der Waals surface area contributed by atoms with Crippen molar-refractivity contribution >= 4 is 13.9 Å². The Hall–Kier alpha value is -3.10. The van der Waals surface area contributed by atoms with Crippen molar-refractivity contribution in [2.45, 2.75) is 37.8 Å². The van der Waals surface area contributed by atoms with Gasteiger partial charge in [-0.25, -0.2) is 18.1 Å². The molecular formula is C27H28F2NO6P. The Morgan fingerprint density at radius 1 is 1.08 bits per heavy atom. The lowest BCUT2D eigenvalue weighted by atomic mass is 9.84. The third-order valence-electron chi connectivity index (χ3n) is 6.66. The smallest absolute Gasteiger partial charge is 0.438 e. The molecule has 0 radical (unpaired) electrons. The van der Waals surface area contributed by atoms with Gasteiger partial charge in [0.25, 0.3) is 0 Å². The van der Waals surface area contributed by atoms with Crippen molar-refractivity contribution in [3.63, 3.8) is 0 Å². The lowest BCUT2D eigenvalue weighted by Gasteiger charge is -2.43. The molecule has 1 amide bonds. The van der Waals surface area contributed by atoms with E-state index in [2.05, 4.69) is 4.52 Å². The first-order valence-electron chi connectivity index (χ1n) is 11.9. The van der Waals surface area contributed by atoms with Crippen LogP contribution in [0.5, 0.6) is 0 Å². The van der Waals surface area contributed by atoms with E-state index in [1.165, 1.54) is 12.1 Å². The summed E-state index contributed by atoms with van der Waals surface area (Å²) in [5, 5.41) is 0. The molecule has 0 aromatic heterocycles. The SMILES string of the molecule is C[C@@H](c1ccc(-c2ccc(F)cc2F)cc1)N1CCC(CCCOP(=O)(O)O)(c2ccccc2)OC1=O. The van der Waals surface area contributed by atoms with Crippen LogP contribution in [0.1, 0.15) is 43.4 Å². The average molecular weight is 531 g/mol. The number of rotatable bonds is 9. The summed E-state index contributed by atoms with van der Waals surface area (Å²) >= 11 is 0. The first-order chi connectivity index (χ1) is 17.6. The van der Waals surface area contributed by atoms with Gasteiger partial charge >= 0.3 is 13.9 Å². The van der Waals surface area contributed by atoms with E-state index in [-0.39, 0.29) is 24.6 Å². The Labute approximate surface area is 213 Å². The topological polar surface area (TPSA) is 96.3 Å². The number of hydrogen-bond acceptors (Lipinski definition) is 4. The molecule has 0 spiro atoms. The van der Waals surface area contributed by atoms with Crippen molar-refractivity contribution in [3.05, 3.63) is 95.6 Å². The van der Waals surface area contributed by atoms with Crippen LogP contribution in [0.4, 0.5) is 13.6 Å². The Bertz CT molecular complexity index is 1280. The molecule has 1 aliphatic heterocycles. The number of carbonyl (C=O) groups is 1. The average Bonchev–Trinajstić information content (AvgIpc) is 2.86. The molecule has 1 aliphatic rings. The van der Waals surface area contributed by atoms with E-state index in [1.54, 1.807) is 29.2 Å². The Morgan fingerprint density at radius 2 is 1.78 bits per heavy atom. The first kappa shape index (κ1) is 26.9. The highest BCUT2D eigenvalue weighted by atomic mass is 31.2. The van der Waals surface area contributed by atoms with Crippen molar-refractivity contribution in [3.8, 4) is 11.1 Å². The number of halogens is 2. The fourth-order valence-electron chi connectivity index (χ4n) is 4.67. The third kappa shape index (κ3) is 6.43. The number of phosphoric acid groups is 1. The van der Waals surface area contributed by atoms with Gasteiger partial charge in [-0.05, 0) is 48.6 Å². The molecule has 10 heteroatoms. The van der Waals surface area contributed by atoms with Gasteiger partial charge in [-0.2, -0.15) is 0 Å². The van der Waals surface area contributed by atoms with Crippen LogP contribution in [0, 0.1) is 11.6 Å². The summed E-state index contributed by atoms with van der Waals surface area (Å²) in [6.07, 6.45) is 0.585. The normalized spacial score (nSPS) is 18.9. The van der Waals surface area contributed by atoms with Crippen molar-refractivity contribution < 1.29 is 37.2 Å². The van der Waals surface area contributed by atoms with E-state index in [0.29, 0.717) is 24.9 Å². The Morgan fingerprint density at radius 3 is 2.41 bits per heavy atom. The van der Waals surface area contributed by atoms with E-state index >= 15 is 0 Å². The summed E-state index contributed by atoms with van der Waals surface area (Å²) < 4.78 is 49.0. The van der Waals surface area contributed by atoms with Crippen LogP contribution in [0.25, 0.3) is 11.1 Å². The molecule has 37 heavy (non-hydrogen) atoms. The number of carbonyl (C=O) groups excluding carboxylic acids is 1. The van der Waals surface area contributed by atoms with E-state index in [4.69, 9.17) is 14.5 Å². The minimum atomic E-state index is -4.58. The van der Waals surface area contributed by atoms with E-state index in [1.807, 2.05) is 37.3 Å². The molecule has 2 N–H and O–H groups in total. The van der Waals surface area contributed by atoms with Crippen molar-refractivity contribution in [2.24, 2.45) is 0 Å². The zero-order chi connectivity index (χ0) is 26.6. The second kappa shape index (κ2) is 11.1. The summed E-state index contributed by atoms with van der Waals surface area (Å²) in [6, 6.07) is 19.4. The second-order valence-electron chi connectivity index (χ2n) is 9.02. The summed E-state index contributed by atoms with van der Waals surface area (Å²) in [7, 11) is -4.58. The molecule has 0 saturated carbocycles. The van der Waals surface area contributed by atoms with Gasteiger partial charge < -0.3 is 19.4 Å². The Kier molecular flexibility index (Phi) is 8.09. The highest BCUT2D eigenvalue weighted by Gasteiger charge is 2.43. The predicted molar refractivity (Wildman–Crippen MR) is 133 cm³/mol. The number of cyclic esters (lactones) is 1. The molecule has 2 atom stereocenters. The van der Waals surface area contributed by atoms with Crippen LogP contribution >= 0.6 is 7.82 Å². The molecule has 196 valence electrons. The molecule has 0 aliphatic carbocycles. The molecule has 7 nitrogen and oxygen atoms in total. The summed E-state index contributed by atoms with van der Waals surface area (Å²) in [5.74, 6) is -1.29. The highest BCUT2D eigenvalue weighted by molar-refractivity contribution is 7.46. The molecule has 4 rings (SSSR count). The fourth-order valence-corrected chi connectivity index (χ4v) is 5.04. The van der Waals surface area contributed by atoms with Crippen LogP contribution in [0.2, 0.25) is 0 Å². The summed E-state index contributed by atoms with van der Waals surface area (Å²) in [6.45, 7) is 2.10. The van der Waals surface area contributed by atoms with Gasteiger partial charge in [0, 0.05) is 24.6 Å². The fraction of sp³-hybridized carbons (Fsp3) is 0.296. The summed E-state index contributed by atoms with van der Waals surface area (Å²) in [4.78, 5) is 32.7. The monoisotopic (exact) mass is 531 g/mol. The predicted octanol–water partition coefficient (Wildman–Crippen LogP) is 6.32. The van der Waals surface area contributed by atoms with Crippen LogP contribution in [-0.2, 0) is 19.4 Å². The maximum absolute atomic E-state index is 14.2. The molecule has 1 fully saturated rings. The van der Waals surface area contributed by atoms with Gasteiger partial charge in [0.1, 0.15) is 17.2 Å². The van der Waals surface area contributed by atoms with E-state index in [9.17, 15) is 18.1 Å². The van der Waals surface area contributed by atoms with Crippen LogP contribution in [-0.4, -0.2) is 33.9 Å². The molecule has 1 heterocycles. The molecule has 1 unspecified atom stereocenters. The number of phosphoric ester groups is 1. The van der Waals surface area contributed by atoms with Crippen LogP contribution < -0.4 is 0 Å². The quantitative estimate of drug-likeness (QED) is 0.248. The van der Waals surface area contributed by atoms with Crippen molar-refractivity contribution in [1.82, 2.24) is 4.90 Å². The second-order valence-corrected chi connectivity index (χ2v) is 10.3. The van der Waals surface area contributed by atoms with Crippen molar-refractivity contribution in [1.29, 1.82) is 0 Å². The number of nitrogens with zero attached hydrogens (tertiary/aromatic N) is 1. The van der Waals surface area contributed by atoms with Gasteiger partial charge in [0.05, 0.1) is 12.6 Å². The number of benzene rings is 3. The molecule has 3 aromatic carbocycles. The molecule has 1 saturated heterocycles. The minimum Gasteiger partial charge on any atom is -0.438 e. The molecule has 0 bridgehead atoms. The zero-order valence-corrected chi connectivity index (χ0v) is 21.1. The molecule has 3 aromatic rings. The van der Waals surface area contributed by atoms with Gasteiger partial charge in [-0.3, -0.25) is 4.52 Å². The molecular weight excluding hydrogens is 503 g/mol. The van der Waals surface area contributed by atoms with Crippen LogP contribution in [0.3, 0.4) is 0 Å². The standard InChI is InChI=1S/C27H28F2NO6P/c1-19(20-8-10-21(11-9-20)24-13-12-23(28)18-25(24)29)30-16-15-27(36-26(30)31,22-6-3-2-4-7-22)14-5-17-35-37(32,33)34/h2-4,6-13,18-19H,5,14-17H2,1H3,(H2,32,33,34)/t19-,27?/m0/s1. The van der Waals surface area contributed by atoms with Gasteiger partial charge in [-0.1, -0.05) is 54.6 Å². The van der Waals surface area contributed by atoms with Gasteiger partial charge in [-0.15, -0.1) is 0 Å². The number of ether oxygens (including phenoxy) is 1. The third-order valence-corrected chi connectivity index (χ3v) is 7.18. The van der Waals surface area contributed by atoms with Gasteiger partial charge in [0.15, 0.2) is 0 Å². The number of amides is 1. The zero-order valence-electron chi connectivity index (χ0n) is 20.2. The maximum atomic E-state index is 14.2. The minimum absolute atomic E-state index is 0.169. The van der Waals surface area contributed by atoms with Crippen LogP contribution in [0.15, 0.2) is 72.8 Å². The first-order valence-corrected chi connectivity index (χ1v) is 13.4. The van der Waals surface area contributed by atoms with E-state index < -0.39 is 31.2 Å². The largest absolute Gasteiger partial charge is 0.469 e. The number of hydrogen-bond donors (Lipinski definition) is 2. The highest BCUT2D eigenvalue weighted by Crippen LogP contribution is 2.42. The van der Waals surface area contributed by atoms with Gasteiger partial charge in [0.2, 0.25) is 0 Å². The lowest BCUT2D eigenvalue weighted by molar-refractivity contribution is -0.0679. The van der Waals surface area contributed by atoms with E-state index in [0.717, 1.165) is 17.2 Å². The maximum Gasteiger partial charge on any atom is 0.469 e. The summed E-state index contributed by atoms with van der Waals surface area (Å²) in [5.41, 5.74) is 1.56. The van der Waals surface area contributed by atoms with Crippen molar-refractivity contribution in [2.75, 3.05) is 13.2 Å². The lowest BCUT2D eigenvalue weighted by Crippen LogP contribution is -2.48. The Balaban J connectivity index is 1.48.